The number of carbonyl (C=O) groups is 1. The van der Waals surface area contributed by atoms with Gasteiger partial charge in [-0.1, -0.05) is 43.9 Å². The van der Waals surface area contributed by atoms with Gasteiger partial charge < -0.3 is 10.2 Å². The zero-order valence-corrected chi connectivity index (χ0v) is 12.7. The van der Waals surface area contributed by atoms with Crippen LogP contribution in [0.15, 0.2) is 24.3 Å². The molecule has 0 unspecified atom stereocenters. The fraction of sp³-hybridized carbons (Fsp3) is 0.588. The lowest BCUT2D eigenvalue weighted by Crippen LogP contribution is -2.25. The Morgan fingerprint density at radius 2 is 1.85 bits per heavy atom. The third kappa shape index (κ3) is 4.26. The molecule has 0 spiro atoms. The molecule has 0 saturated heterocycles. The molecule has 0 heterocycles. The van der Waals surface area contributed by atoms with Gasteiger partial charge in [0.25, 0.3) is 0 Å². The first kappa shape index (κ1) is 14.9. The van der Waals surface area contributed by atoms with Crippen molar-refractivity contribution in [2.75, 3.05) is 12.4 Å². The number of para-hydroxylation sites is 1. The minimum atomic E-state index is 0.106. The first-order valence-electron chi connectivity index (χ1n) is 7.73. The molecule has 0 aliphatic heterocycles. The fourth-order valence-electron chi connectivity index (χ4n) is 2.81. The smallest absolute Gasteiger partial charge is 0.219 e. The van der Waals surface area contributed by atoms with Gasteiger partial charge in [-0.2, -0.15) is 0 Å². The molecule has 0 radical (unpaired) electrons. The van der Waals surface area contributed by atoms with E-state index < -0.39 is 0 Å². The van der Waals surface area contributed by atoms with Crippen molar-refractivity contribution >= 4 is 11.6 Å². The van der Waals surface area contributed by atoms with Crippen molar-refractivity contribution in [3.63, 3.8) is 0 Å². The van der Waals surface area contributed by atoms with Crippen LogP contribution in [0.1, 0.15) is 51.0 Å². The summed E-state index contributed by atoms with van der Waals surface area (Å²) in [6.45, 7) is 2.28. The lowest BCUT2D eigenvalue weighted by Gasteiger charge is -2.22. The van der Waals surface area contributed by atoms with E-state index in [1.807, 2.05) is 13.1 Å². The molecule has 0 aromatic heterocycles. The molecule has 2 rings (SSSR count). The Morgan fingerprint density at radius 3 is 2.50 bits per heavy atom. The van der Waals surface area contributed by atoms with Gasteiger partial charge in [0.05, 0.1) is 0 Å². The zero-order valence-electron chi connectivity index (χ0n) is 12.7. The van der Waals surface area contributed by atoms with Crippen molar-refractivity contribution in [1.82, 2.24) is 4.90 Å². The Morgan fingerprint density at radius 1 is 1.20 bits per heavy atom. The van der Waals surface area contributed by atoms with E-state index in [0.717, 1.165) is 0 Å². The summed E-state index contributed by atoms with van der Waals surface area (Å²) in [4.78, 5) is 13.2. The standard InChI is InChI=1S/C17H26N2O/c1-14(20)19(2)13-15-9-7-8-12-17(15)18-16-10-5-3-4-6-11-16/h7-9,12,16,18H,3-6,10-11,13H2,1-2H3. The highest BCUT2D eigenvalue weighted by molar-refractivity contribution is 5.73. The number of benzene rings is 1. The number of carbonyl (C=O) groups excluding carboxylic acids is 1. The molecule has 110 valence electrons. The van der Waals surface area contributed by atoms with Gasteiger partial charge in [-0.3, -0.25) is 4.79 Å². The minimum Gasteiger partial charge on any atom is -0.382 e. The fourth-order valence-corrected chi connectivity index (χ4v) is 2.81. The van der Waals surface area contributed by atoms with E-state index in [1.165, 1.54) is 49.8 Å². The first-order valence-corrected chi connectivity index (χ1v) is 7.73. The van der Waals surface area contributed by atoms with Gasteiger partial charge in [-0.15, -0.1) is 0 Å². The largest absolute Gasteiger partial charge is 0.382 e. The molecule has 1 fully saturated rings. The average molecular weight is 274 g/mol. The van der Waals surface area contributed by atoms with Crippen molar-refractivity contribution in [3.05, 3.63) is 29.8 Å². The van der Waals surface area contributed by atoms with Crippen molar-refractivity contribution in [2.24, 2.45) is 0 Å². The van der Waals surface area contributed by atoms with E-state index >= 15 is 0 Å². The molecule has 0 atom stereocenters. The zero-order chi connectivity index (χ0) is 14.4. The van der Waals surface area contributed by atoms with Crippen LogP contribution in [-0.4, -0.2) is 23.9 Å². The third-order valence-electron chi connectivity index (χ3n) is 4.18. The average Bonchev–Trinajstić information content (AvgIpc) is 2.69. The summed E-state index contributed by atoms with van der Waals surface area (Å²) in [5.74, 6) is 0.106. The molecule has 1 N–H and O–H groups in total. The Hall–Kier alpha value is -1.51. The molecule has 1 amide bonds. The maximum atomic E-state index is 11.4. The van der Waals surface area contributed by atoms with Crippen LogP contribution in [0.2, 0.25) is 0 Å². The summed E-state index contributed by atoms with van der Waals surface area (Å²) in [6, 6.07) is 8.94. The maximum Gasteiger partial charge on any atom is 0.219 e. The monoisotopic (exact) mass is 274 g/mol. The van der Waals surface area contributed by atoms with E-state index in [2.05, 4.69) is 23.5 Å². The molecule has 20 heavy (non-hydrogen) atoms. The van der Waals surface area contributed by atoms with Crippen LogP contribution >= 0.6 is 0 Å². The summed E-state index contributed by atoms with van der Waals surface area (Å²) in [5, 5.41) is 3.70. The Bertz CT molecular complexity index is 436. The number of nitrogens with one attached hydrogen (secondary N) is 1. The maximum absolute atomic E-state index is 11.4. The van der Waals surface area contributed by atoms with Crippen LogP contribution in [0.3, 0.4) is 0 Å². The second-order valence-electron chi connectivity index (χ2n) is 5.87. The van der Waals surface area contributed by atoms with Crippen LogP contribution in [0.25, 0.3) is 0 Å². The van der Waals surface area contributed by atoms with Crippen molar-refractivity contribution in [3.8, 4) is 0 Å². The lowest BCUT2D eigenvalue weighted by molar-refractivity contribution is -0.128. The van der Waals surface area contributed by atoms with Crippen LogP contribution in [0.4, 0.5) is 5.69 Å². The second kappa shape index (κ2) is 7.32. The second-order valence-corrected chi connectivity index (χ2v) is 5.87. The summed E-state index contributed by atoms with van der Waals surface area (Å²) >= 11 is 0. The predicted octanol–water partition coefficient (Wildman–Crippen LogP) is 3.80. The van der Waals surface area contributed by atoms with Crippen LogP contribution in [0, 0.1) is 0 Å². The van der Waals surface area contributed by atoms with Crippen LogP contribution in [-0.2, 0) is 11.3 Å². The minimum absolute atomic E-state index is 0.106. The van der Waals surface area contributed by atoms with Crippen LogP contribution in [0.5, 0.6) is 0 Å². The molecular weight excluding hydrogens is 248 g/mol. The quantitative estimate of drug-likeness (QED) is 0.847. The molecular formula is C17H26N2O. The molecule has 1 aromatic rings. The summed E-state index contributed by atoms with van der Waals surface area (Å²) in [6.07, 6.45) is 7.91. The Balaban J connectivity index is 2.04. The predicted molar refractivity (Wildman–Crippen MR) is 83.7 cm³/mol. The molecule has 1 saturated carbocycles. The molecule has 0 bridgehead atoms. The number of anilines is 1. The van der Waals surface area contributed by atoms with Crippen molar-refractivity contribution < 1.29 is 4.79 Å². The van der Waals surface area contributed by atoms with Gasteiger partial charge in [-0.05, 0) is 24.5 Å². The number of hydrogen-bond acceptors (Lipinski definition) is 2. The molecule has 1 aromatic carbocycles. The SMILES string of the molecule is CC(=O)N(C)Cc1ccccc1NC1CCCCCC1. The van der Waals surface area contributed by atoms with E-state index in [1.54, 1.807) is 11.8 Å². The van der Waals surface area contributed by atoms with Gasteiger partial charge >= 0.3 is 0 Å². The number of amides is 1. The highest BCUT2D eigenvalue weighted by Gasteiger charge is 2.14. The third-order valence-corrected chi connectivity index (χ3v) is 4.18. The molecule has 1 aliphatic rings. The van der Waals surface area contributed by atoms with Gasteiger partial charge in [-0.25, -0.2) is 0 Å². The Kier molecular flexibility index (Phi) is 5.45. The molecule has 1 aliphatic carbocycles. The van der Waals surface area contributed by atoms with Crippen molar-refractivity contribution in [1.29, 1.82) is 0 Å². The van der Waals surface area contributed by atoms with E-state index in [0.29, 0.717) is 12.6 Å². The van der Waals surface area contributed by atoms with Gasteiger partial charge in [0, 0.05) is 32.2 Å². The molecule has 3 heteroatoms. The Labute approximate surface area is 122 Å². The highest BCUT2D eigenvalue weighted by Crippen LogP contribution is 2.24. The summed E-state index contributed by atoms with van der Waals surface area (Å²) < 4.78 is 0. The molecule has 3 nitrogen and oxygen atoms in total. The number of hydrogen-bond donors (Lipinski definition) is 1. The first-order chi connectivity index (χ1) is 9.66. The van der Waals surface area contributed by atoms with E-state index in [4.69, 9.17) is 0 Å². The van der Waals surface area contributed by atoms with E-state index in [9.17, 15) is 4.79 Å². The summed E-state index contributed by atoms with van der Waals surface area (Å²) in [7, 11) is 1.85. The van der Waals surface area contributed by atoms with Gasteiger partial charge in [0.2, 0.25) is 5.91 Å². The van der Waals surface area contributed by atoms with E-state index in [-0.39, 0.29) is 5.91 Å². The number of nitrogens with zero attached hydrogens (tertiary/aromatic N) is 1. The van der Waals surface area contributed by atoms with Gasteiger partial charge in [0.1, 0.15) is 0 Å². The van der Waals surface area contributed by atoms with Gasteiger partial charge in [0.15, 0.2) is 0 Å². The lowest BCUT2D eigenvalue weighted by atomic mass is 10.1. The number of rotatable bonds is 4. The topological polar surface area (TPSA) is 32.3 Å². The summed E-state index contributed by atoms with van der Waals surface area (Å²) in [5.41, 5.74) is 2.39. The normalized spacial score (nSPS) is 16.5. The van der Waals surface area contributed by atoms with Crippen LogP contribution < -0.4 is 5.32 Å². The van der Waals surface area contributed by atoms with Crippen molar-refractivity contribution in [2.45, 2.75) is 58.0 Å². The highest BCUT2D eigenvalue weighted by atomic mass is 16.2.